The molecule has 1 aliphatic rings. The van der Waals surface area contributed by atoms with Crippen molar-refractivity contribution in [3.05, 3.63) is 18.5 Å². The molecule has 0 aromatic carbocycles. The van der Waals surface area contributed by atoms with Crippen LogP contribution in [0.15, 0.2) is 18.5 Å². The van der Waals surface area contributed by atoms with E-state index in [0.29, 0.717) is 0 Å². The van der Waals surface area contributed by atoms with E-state index in [1.165, 1.54) is 32.4 Å². The van der Waals surface area contributed by atoms with E-state index in [0.717, 1.165) is 24.6 Å². The monoisotopic (exact) mass is 246 g/mol. The van der Waals surface area contributed by atoms with Gasteiger partial charge >= 0.3 is 0 Å². The van der Waals surface area contributed by atoms with Crippen molar-refractivity contribution in [2.75, 3.05) is 31.5 Å². The molecular weight excluding hydrogens is 228 g/mol. The maximum Gasteiger partial charge on any atom is 0.177 e. The number of nitrogens with zero attached hydrogens (tertiary/aromatic N) is 5. The Morgan fingerprint density at radius 2 is 2.06 bits per heavy atom. The van der Waals surface area contributed by atoms with Gasteiger partial charge in [-0.3, -0.25) is 0 Å². The Balaban J connectivity index is 1.52. The molecule has 96 valence electrons. The highest BCUT2D eigenvalue weighted by Gasteiger charge is 2.09. The Morgan fingerprint density at radius 1 is 1.17 bits per heavy atom. The molecule has 1 fully saturated rings. The number of likely N-dealkylation sites (tertiary alicyclic amines) is 1. The Labute approximate surface area is 106 Å². The first-order valence-corrected chi connectivity index (χ1v) is 6.55. The average molecular weight is 246 g/mol. The summed E-state index contributed by atoms with van der Waals surface area (Å²) in [6.45, 7) is 4.49. The lowest BCUT2D eigenvalue weighted by Gasteiger charge is -2.26. The van der Waals surface area contributed by atoms with Crippen molar-refractivity contribution in [1.82, 2.24) is 24.7 Å². The van der Waals surface area contributed by atoms with Crippen LogP contribution in [-0.4, -0.2) is 50.9 Å². The normalized spacial score (nSPS) is 17.1. The highest BCUT2D eigenvalue weighted by atomic mass is 15.4. The number of piperidine rings is 1. The zero-order valence-corrected chi connectivity index (χ0v) is 10.4. The minimum absolute atomic E-state index is 0.775. The smallest absolute Gasteiger partial charge is 0.177 e. The summed E-state index contributed by atoms with van der Waals surface area (Å²) in [5, 5.41) is 15.5. The molecule has 2 aromatic heterocycles. The zero-order chi connectivity index (χ0) is 12.2. The molecule has 1 N–H and O–H groups in total. The first-order valence-electron chi connectivity index (χ1n) is 6.55. The maximum atomic E-state index is 4.38. The summed E-state index contributed by atoms with van der Waals surface area (Å²) >= 11 is 0. The summed E-state index contributed by atoms with van der Waals surface area (Å²) in [4.78, 5) is 2.51. The minimum atomic E-state index is 0.775. The van der Waals surface area contributed by atoms with Crippen LogP contribution in [0.1, 0.15) is 19.3 Å². The van der Waals surface area contributed by atoms with Crippen LogP contribution < -0.4 is 5.32 Å². The lowest BCUT2D eigenvalue weighted by molar-refractivity contribution is 0.237. The second-order valence-corrected chi connectivity index (χ2v) is 4.68. The van der Waals surface area contributed by atoms with Gasteiger partial charge in [0.25, 0.3) is 0 Å². The molecule has 1 saturated heterocycles. The summed E-state index contributed by atoms with van der Waals surface area (Å²) in [6.07, 6.45) is 5.68. The van der Waals surface area contributed by atoms with Crippen LogP contribution in [0.5, 0.6) is 0 Å². The zero-order valence-electron chi connectivity index (χ0n) is 10.4. The predicted molar refractivity (Wildman–Crippen MR) is 69.6 cm³/mol. The summed E-state index contributed by atoms with van der Waals surface area (Å²) in [5.74, 6) is 0.874. The molecule has 0 amide bonds. The molecule has 3 rings (SSSR count). The molecule has 2 aromatic rings. The molecule has 3 heterocycles. The second-order valence-electron chi connectivity index (χ2n) is 4.68. The maximum absolute atomic E-state index is 4.38. The third kappa shape index (κ3) is 2.59. The molecule has 0 saturated carbocycles. The van der Waals surface area contributed by atoms with E-state index >= 15 is 0 Å². The summed E-state index contributed by atoms with van der Waals surface area (Å²) in [5.41, 5.74) is 0.775. The van der Waals surface area contributed by atoms with E-state index in [1.807, 2.05) is 12.1 Å². The second kappa shape index (κ2) is 5.30. The van der Waals surface area contributed by atoms with Gasteiger partial charge in [-0.25, -0.2) is 0 Å². The number of nitrogens with one attached hydrogen (secondary N) is 1. The number of aromatic nitrogens is 4. The summed E-state index contributed by atoms with van der Waals surface area (Å²) < 4.78 is 1.68. The van der Waals surface area contributed by atoms with Gasteiger partial charge in [0, 0.05) is 13.1 Å². The first-order chi connectivity index (χ1) is 8.92. The summed E-state index contributed by atoms with van der Waals surface area (Å²) in [7, 11) is 0. The fraction of sp³-hybridized carbons (Fsp3) is 0.583. The van der Waals surface area contributed by atoms with Gasteiger partial charge < -0.3 is 10.2 Å². The molecule has 0 bridgehead atoms. The number of hydrogen-bond donors (Lipinski definition) is 1. The number of anilines is 1. The minimum Gasteiger partial charge on any atom is -0.367 e. The van der Waals surface area contributed by atoms with Crippen LogP contribution in [0.2, 0.25) is 0 Å². The molecule has 1 aliphatic heterocycles. The summed E-state index contributed by atoms with van der Waals surface area (Å²) in [6, 6.07) is 3.86. The molecule has 18 heavy (non-hydrogen) atoms. The Bertz CT molecular complexity index is 502. The van der Waals surface area contributed by atoms with Gasteiger partial charge in [-0.2, -0.15) is 4.52 Å². The van der Waals surface area contributed by atoms with E-state index in [1.54, 1.807) is 10.8 Å². The van der Waals surface area contributed by atoms with Crippen molar-refractivity contribution < 1.29 is 0 Å². The third-order valence-corrected chi connectivity index (χ3v) is 3.34. The van der Waals surface area contributed by atoms with E-state index in [4.69, 9.17) is 0 Å². The van der Waals surface area contributed by atoms with E-state index in [9.17, 15) is 0 Å². The standard InChI is InChI=1S/C12H18N6/c1-2-7-17(8-3-1)9-6-13-11-4-5-12-15-14-10-18(12)16-11/h4-5,10H,1-3,6-9H2,(H,13,16). The highest BCUT2D eigenvalue weighted by Crippen LogP contribution is 2.08. The van der Waals surface area contributed by atoms with Gasteiger partial charge in [0.2, 0.25) is 0 Å². The van der Waals surface area contributed by atoms with Crippen molar-refractivity contribution >= 4 is 11.5 Å². The van der Waals surface area contributed by atoms with Crippen LogP contribution in [0.25, 0.3) is 5.65 Å². The van der Waals surface area contributed by atoms with Gasteiger partial charge in [0.05, 0.1) is 0 Å². The first kappa shape index (κ1) is 11.4. The van der Waals surface area contributed by atoms with Crippen molar-refractivity contribution in [2.24, 2.45) is 0 Å². The fourth-order valence-electron chi connectivity index (χ4n) is 2.35. The lowest BCUT2D eigenvalue weighted by Crippen LogP contribution is -2.33. The number of hydrogen-bond acceptors (Lipinski definition) is 5. The molecule has 0 unspecified atom stereocenters. The Kier molecular flexibility index (Phi) is 3.36. The topological polar surface area (TPSA) is 58.4 Å². The predicted octanol–water partition coefficient (Wildman–Crippen LogP) is 1.02. The van der Waals surface area contributed by atoms with Crippen molar-refractivity contribution in [2.45, 2.75) is 19.3 Å². The number of fused-ring (bicyclic) bond motifs is 1. The quantitative estimate of drug-likeness (QED) is 0.873. The lowest BCUT2D eigenvalue weighted by atomic mass is 10.1. The molecule has 0 radical (unpaired) electrons. The van der Waals surface area contributed by atoms with Crippen molar-refractivity contribution in [3.8, 4) is 0 Å². The van der Waals surface area contributed by atoms with E-state index < -0.39 is 0 Å². The molecule has 0 atom stereocenters. The molecular formula is C12H18N6. The van der Waals surface area contributed by atoms with Gasteiger partial charge in [0.1, 0.15) is 12.1 Å². The number of rotatable bonds is 4. The Morgan fingerprint density at radius 3 is 2.94 bits per heavy atom. The van der Waals surface area contributed by atoms with Crippen LogP contribution in [0.3, 0.4) is 0 Å². The highest BCUT2D eigenvalue weighted by molar-refractivity contribution is 5.42. The van der Waals surface area contributed by atoms with Crippen molar-refractivity contribution in [1.29, 1.82) is 0 Å². The van der Waals surface area contributed by atoms with Crippen molar-refractivity contribution in [3.63, 3.8) is 0 Å². The SMILES string of the molecule is c1cc2nncn2nc1NCCN1CCCCC1. The van der Waals surface area contributed by atoms with Gasteiger partial charge in [-0.1, -0.05) is 6.42 Å². The van der Waals surface area contributed by atoms with Gasteiger partial charge in [0.15, 0.2) is 5.65 Å². The van der Waals surface area contributed by atoms with Gasteiger partial charge in [-0.15, -0.1) is 15.3 Å². The van der Waals surface area contributed by atoms with Crippen LogP contribution in [0.4, 0.5) is 5.82 Å². The molecule has 6 nitrogen and oxygen atoms in total. The largest absolute Gasteiger partial charge is 0.367 e. The molecule has 0 aliphatic carbocycles. The molecule has 0 spiro atoms. The fourth-order valence-corrected chi connectivity index (χ4v) is 2.35. The Hall–Kier alpha value is -1.69. The average Bonchev–Trinajstić information content (AvgIpc) is 2.87. The van der Waals surface area contributed by atoms with Crippen LogP contribution in [0, 0.1) is 0 Å². The van der Waals surface area contributed by atoms with E-state index in [-0.39, 0.29) is 0 Å². The molecule has 6 heteroatoms. The van der Waals surface area contributed by atoms with Crippen LogP contribution >= 0.6 is 0 Å². The van der Waals surface area contributed by atoms with E-state index in [2.05, 4.69) is 25.5 Å². The van der Waals surface area contributed by atoms with Gasteiger partial charge in [-0.05, 0) is 38.1 Å². The van der Waals surface area contributed by atoms with Crippen LogP contribution in [-0.2, 0) is 0 Å². The third-order valence-electron chi connectivity index (χ3n) is 3.34.